The molecule has 4 nitrogen and oxygen atoms in total. The minimum atomic E-state index is -0.168. The summed E-state index contributed by atoms with van der Waals surface area (Å²) >= 11 is 0. The molecule has 0 spiro atoms. The number of fused-ring (bicyclic) bond motifs is 1. The molecule has 0 fully saturated rings. The number of carbonyl (C=O) groups is 1. The monoisotopic (exact) mass is 337 g/mol. The predicted molar refractivity (Wildman–Crippen MR) is 98.9 cm³/mol. The number of amides is 1. The lowest BCUT2D eigenvalue weighted by Crippen LogP contribution is -2.25. The highest BCUT2D eigenvalue weighted by atomic mass is 16.5. The Labute approximate surface area is 148 Å². The molecule has 1 aliphatic heterocycles. The first-order valence-electron chi connectivity index (χ1n) is 8.39. The summed E-state index contributed by atoms with van der Waals surface area (Å²) in [6, 6.07) is 9.37. The maximum absolute atomic E-state index is 13.0. The van der Waals surface area contributed by atoms with Crippen molar-refractivity contribution < 1.29 is 14.6 Å². The van der Waals surface area contributed by atoms with Gasteiger partial charge in [-0.3, -0.25) is 4.79 Å². The van der Waals surface area contributed by atoms with Crippen LogP contribution in [0.25, 0.3) is 6.08 Å². The number of methoxy groups -OCH3 is 1. The second-order valence-corrected chi connectivity index (χ2v) is 6.66. The molecule has 0 aromatic heterocycles. The smallest absolute Gasteiger partial charge is 0.258 e. The number of phenols is 1. The summed E-state index contributed by atoms with van der Waals surface area (Å²) in [5, 5.41) is 10.3. The van der Waals surface area contributed by atoms with E-state index in [9.17, 15) is 9.90 Å². The Morgan fingerprint density at radius 3 is 2.60 bits per heavy atom. The predicted octanol–water partition coefficient (Wildman–Crippen LogP) is 4.32. The van der Waals surface area contributed by atoms with Crippen LogP contribution in [0.5, 0.6) is 11.5 Å². The number of phenolic OH excluding ortho intramolecular Hbond substituents is 1. The average Bonchev–Trinajstić information content (AvgIpc) is 3.03. The Kier molecular flexibility index (Phi) is 4.53. The van der Waals surface area contributed by atoms with Crippen LogP contribution < -0.4 is 4.74 Å². The van der Waals surface area contributed by atoms with Crippen molar-refractivity contribution in [1.29, 1.82) is 0 Å². The highest BCUT2D eigenvalue weighted by molar-refractivity contribution is 5.97. The minimum absolute atomic E-state index is 0.0472. The van der Waals surface area contributed by atoms with Gasteiger partial charge in [0, 0.05) is 19.2 Å². The molecule has 1 aliphatic rings. The van der Waals surface area contributed by atoms with Crippen LogP contribution in [0.1, 0.15) is 52.4 Å². The molecule has 0 bridgehead atoms. The maximum atomic E-state index is 13.0. The van der Waals surface area contributed by atoms with Crippen molar-refractivity contribution in [1.82, 2.24) is 4.90 Å². The van der Waals surface area contributed by atoms with E-state index in [1.165, 1.54) is 6.07 Å². The minimum Gasteiger partial charge on any atom is -0.507 e. The Balaban J connectivity index is 1.92. The van der Waals surface area contributed by atoms with Crippen LogP contribution in [0.2, 0.25) is 0 Å². The molecule has 0 aliphatic carbocycles. The number of aromatic hydroxyl groups is 1. The fourth-order valence-corrected chi connectivity index (χ4v) is 3.24. The molecule has 2 aromatic carbocycles. The number of hydrogen-bond donors (Lipinski definition) is 1. The number of rotatable bonds is 4. The molecule has 1 heterocycles. The van der Waals surface area contributed by atoms with Gasteiger partial charge in [-0.05, 0) is 40.3 Å². The standard InChI is InChI=1S/C21H23NO3/c1-5-14-6-7-15-11-22(12-16(15)8-14)21(24)18-9-17(13(2)3)20(25-4)10-19(18)23/h5-10,13,23H,1,11-12H2,2-4H3. The van der Waals surface area contributed by atoms with Crippen molar-refractivity contribution in [3.8, 4) is 11.5 Å². The van der Waals surface area contributed by atoms with E-state index >= 15 is 0 Å². The highest BCUT2D eigenvalue weighted by Crippen LogP contribution is 2.35. The first-order valence-corrected chi connectivity index (χ1v) is 8.39. The van der Waals surface area contributed by atoms with Crippen molar-refractivity contribution in [2.24, 2.45) is 0 Å². The lowest BCUT2D eigenvalue weighted by Gasteiger charge is -2.19. The lowest BCUT2D eigenvalue weighted by molar-refractivity contribution is 0.0748. The van der Waals surface area contributed by atoms with Gasteiger partial charge < -0.3 is 14.7 Å². The van der Waals surface area contributed by atoms with Gasteiger partial charge in [0.05, 0.1) is 12.7 Å². The van der Waals surface area contributed by atoms with Crippen LogP contribution in [-0.2, 0) is 13.1 Å². The van der Waals surface area contributed by atoms with Crippen LogP contribution >= 0.6 is 0 Å². The lowest BCUT2D eigenvalue weighted by atomic mass is 9.98. The first kappa shape index (κ1) is 17.1. The molecule has 4 heteroatoms. The van der Waals surface area contributed by atoms with Gasteiger partial charge in [0.2, 0.25) is 0 Å². The van der Waals surface area contributed by atoms with Gasteiger partial charge in [0.15, 0.2) is 0 Å². The van der Waals surface area contributed by atoms with Gasteiger partial charge in [-0.25, -0.2) is 0 Å². The largest absolute Gasteiger partial charge is 0.507 e. The molecule has 3 rings (SSSR count). The molecule has 0 unspecified atom stereocenters. The second-order valence-electron chi connectivity index (χ2n) is 6.66. The van der Waals surface area contributed by atoms with Crippen molar-refractivity contribution in [3.05, 3.63) is 64.7 Å². The zero-order valence-corrected chi connectivity index (χ0v) is 14.9. The van der Waals surface area contributed by atoms with E-state index in [4.69, 9.17) is 4.74 Å². The van der Waals surface area contributed by atoms with Crippen LogP contribution in [0.4, 0.5) is 0 Å². The first-order chi connectivity index (χ1) is 11.9. The normalized spacial score (nSPS) is 13.0. The van der Waals surface area contributed by atoms with E-state index in [2.05, 4.69) is 12.6 Å². The number of carbonyl (C=O) groups excluding carboxylic acids is 1. The molecular formula is C21H23NO3. The van der Waals surface area contributed by atoms with Crippen LogP contribution in [0, 0.1) is 0 Å². The van der Waals surface area contributed by atoms with Crippen LogP contribution in [0.15, 0.2) is 36.9 Å². The van der Waals surface area contributed by atoms with E-state index in [1.807, 2.05) is 26.0 Å². The molecule has 0 atom stereocenters. The zero-order valence-electron chi connectivity index (χ0n) is 14.9. The average molecular weight is 337 g/mol. The fourth-order valence-electron chi connectivity index (χ4n) is 3.24. The Morgan fingerprint density at radius 1 is 1.24 bits per heavy atom. The molecule has 0 saturated carbocycles. The molecule has 1 amide bonds. The Hall–Kier alpha value is -2.75. The van der Waals surface area contributed by atoms with Gasteiger partial charge in [-0.1, -0.05) is 38.6 Å². The number of benzene rings is 2. The molecular weight excluding hydrogens is 314 g/mol. The molecule has 0 radical (unpaired) electrons. The van der Waals surface area contributed by atoms with Gasteiger partial charge in [0.1, 0.15) is 11.5 Å². The van der Waals surface area contributed by atoms with Crippen LogP contribution in [-0.4, -0.2) is 23.0 Å². The van der Waals surface area contributed by atoms with Gasteiger partial charge in [0.25, 0.3) is 5.91 Å². The zero-order chi connectivity index (χ0) is 18.1. The van der Waals surface area contributed by atoms with E-state index in [-0.39, 0.29) is 17.6 Å². The van der Waals surface area contributed by atoms with Crippen molar-refractivity contribution in [2.45, 2.75) is 32.9 Å². The summed E-state index contributed by atoms with van der Waals surface area (Å²) in [5.41, 5.74) is 4.54. The van der Waals surface area contributed by atoms with Crippen molar-refractivity contribution in [3.63, 3.8) is 0 Å². The number of ether oxygens (including phenoxy) is 1. The summed E-state index contributed by atoms with van der Waals surface area (Å²) in [4.78, 5) is 14.7. The van der Waals surface area contributed by atoms with Crippen molar-refractivity contribution in [2.75, 3.05) is 7.11 Å². The molecule has 130 valence electrons. The van der Waals surface area contributed by atoms with Crippen LogP contribution in [0.3, 0.4) is 0 Å². The molecule has 2 aromatic rings. The third-order valence-electron chi connectivity index (χ3n) is 4.68. The van der Waals surface area contributed by atoms with E-state index in [0.29, 0.717) is 24.4 Å². The SMILES string of the molecule is C=Cc1ccc2c(c1)CN(C(=O)c1cc(C(C)C)c(OC)cc1O)C2. The van der Waals surface area contributed by atoms with E-state index < -0.39 is 0 Å². The summed E-state index contributed by atoms with van der Waals surface area (Å²) in [7, 11) is 1.57. The summed E-state index contributed by atoms with van der Waals surface area (Å²) in [6.45, 7) is 8.94. The summed E-state index contributed by atoms with van der Waals surface area (Å²) < 4.78 is 5.33. The van der Waals surface area contributed by atoms with Crippen molar-refractivity contribution >= 4 is 12.0 Å². The number of nitrogens with zero attached hydrogens (tertiary/aromatic N) is 1. The summed E-state index contributed by atoms with van der Waals surface area (Å²) in [5.74, 6) is 0.574. The van der Waals surface area contributed by atoms with Gasteiger partial charge >= 0.3 is 0 Å². The molecule has 25 heavy (non-hydrogen) atoms. The molecule has 1 N–H and O–H groups in total. The Morgan fingerprint density at radius 2 is 1.96 bits per heavy atom. The second kappa shape index (κ2) is 6.63. The van der Waals surface area contributed by atoms with Gasteiger partial charge in [-0.2, -0.15) is 0 Å². The van der Waals surface area contributed by atoms with E-state index in [1.54, 1.807) is 24.2 Å². The third kappa shape index (κ3) is 3.12. The maximum Gasteiger partial charge on any atom is 0.258 e. The van der Waals surface area contributed by atoms with Gasteiger partial charge in [-0.15, -0.1) is 0 Å². The fraction of sp³-hybridized carbons (Fsp3) is 0.286. The number of hydrogen-bond acceptors (Lipinski definition) is 3. The molecule has 0 saturated heterocycles. The Bertz CT molecular complexity index is 839. The highest BCUT2D eigenvalue weighted by Gasteiger charge is 2.27. The topological polar surface area (TPSA) is 49.8 Å². The third-order valence-corrected chi connectivity index (χ3v) is 4.68. The summed E-state index contributed by atoms with van der Waals surface area (Å²) in [6.07, 6.45) is 1.80. The quantitative estimate of drug-likeness (QED) is 0.904. The van der Waals surface area contributed by atoms with E-state index in [0.717, 1.165) is 22.3 Å².